The Hall–Kier alpha value is -2.13. The van der Waals surface area contributed by atoms with Crippen molar-refractivity contribution in [3.63, 3.8) is 0 Å². The molecule has 1 aromatic heterocycles. The van der Waals surface area contributed by atoms with E-state index in [1.54, 1.807) is 30.5 Å². The van der Waals surface area contributed by atoms with Crippen LogP contribution in [-0.4, -0.2) is 17.8 Å². The zero-order valence-electron chi connectivity index (χ0n) is 7.37. The number of carbonyl (C=O) groups excluding carboxylic acids is 1. The molecule has 0 unspecified atom stereocenters. The third-order valence-electron chi connectivity index (χ3n) is 1.49. The van der Waals surface area contributed by atoms with Crippen LogP contribution in [0.25, 0.3) is 16.5 Å². The fourth-order valence-electron chi connectivity index (χ4n) is 0.857. The SMILES string of the molecule is [N-]=[N+]=NCC=Cc1ccc(C=O)nc1. The maximum atomic E-state index is 10.3. The van der Waals surface area contributed by atoms with Crippen molar-refractivity contribution < 1.29 is 4.79 Å². The minimum atomic E-state index is 0.311. The average Bonchev–Trinajstić information content (AvgIpc) is 2.25. The molecule has 1 heterocycles. The zero-order chi connectivity index (χ0) is 10.2. The number of hydrogen-bond acceptors (Lipinski definition) is 3. The van der Waals surface area contributed by atoms with E-state index in [1.807, 2.05) is 0 Å². The molecule has 0 atom stereocenters. The molecule has 0 aliphatic carbocycles. The first-order chi connectivity index (χ1) is 6.86. The minimum Gasteiger partial charge on any atom is -0.296 e. The summed E-state index contributed by atoms with van der Waals surface area (Å²) in [6.45, 7) is 0.311. The van der Waals surface area contributed by atoms with Gasteiger partial charge in [0.2, 0.25) is 0 Å². The van der Waals surface area contributed by atoms with Gasteiger partial charge in [0.05, 0.1) is 0 Å². The van der Waals surface area contributed by atoms with Crippen molar-refractivity contribution in [1.82, 2.24) is 4.98 Å². The summed E-state index contributed by atoms with van der Waals surface area (Å²) in [4.78, 5) is 16.8. The Kier molecular flexibility index (Phi) is 3.91. The van der Waals surface area contributed by atoms with E-state index in [1.165, 1.54) is 0 Å². The van der Waals surface area contributed by atoms with Crippen LogP contribution in [0, 0.1) is 0 Å². The number of rotatable bonds is 4. The van der Waals surface area contributed by atoms with Gasteiger partial charge in [-0.3, -0.25) is 9.78 Å². The lowest BCUT2D eigenvalue weighted by atomic mass is 10.2. The molecule has 0 aromatic carbocycles. The van der Waals surface area contributed by atoms with Crippen molar-refractivity contribution in [1.29, 1.82) is 0 Å². The van der Waals surface area contributed by atoms with Crippen molar-refractivity contribution in [3.8, 4) is 0 Å². The summed E-state index contributed by atoms with van der Waals surface area (Å²) in [5.74, 6) is 0. The molecule has 0 fully saturated rings. The average molecular weight is 188 g/mol. The predicted molar refractivity (Wildman–Crippen MR) is 52.7 cm³/mol. The van der Waals surface area contributed by atoms with Gasteiger partial charge in [-0.05, 0) is 17.2 Å². The van der Waals surface area contributed by atoms with Gasteiger partial charge >= 0.3 is 0 Å². The molecule has 0 saturated carbocycles. The Labute approximate surface area is 80.7 Å². The standard InChI is InChI=1S/C9H8N4O/c10-13-12-5-1-2-8-3-4-9(7-14)11-6-8/h1-4,6-7H,5H2. The maximum Gasteiger partial charge on any atom is 0.168 e. The van der Waals surface area contributed by atoms with E-state index in [0.29, 0.717) is 18.5 Å². The molecule has 0 saturated heterocycles. The smallest absolute Gasteiger partial charge is 0.168 e. The molecule has 70 valence electrons. The van der Waals surface area contributed by atoms with Crippen molar-refractivity contribution in [2.24, 2.45) is 5.11 Å². The van der Waals surface area contributed by atoms with Gasteiger partial charge in [0.15, 0.2) is 6.29 Å². The molecule has 0 N–H and O–H groups in total. The Bertz CT molecular complexity index is 376. The summed E-state index contributed by atoms with van der Waals surface area (Å²) in [5.41, 5.74) is 9.27. The first-order valence-electron chi connectivity index (χ1n) is 3.95. The highest BCUT2D eigenvalue weighted by Gasteiger charge is 1.89. The molecule has 0 spiro atoms. The second-order valence-electron chi connectivity index (χ2n) is 2.45. The van der Waals surface area contributed by atoms with Crippen LogP contribution >= 0.6 is 0 Å². The fraction of sp³-hybridized carbons (Fsp3) is 0.111. The van der Waals surface area contributed by atoms with Crippen LogP contribution in [0.4, 0.5) is 0 Å². The first-order valence-corrected chi connectivity index (χ1v) is 3.95. The van der Waals surface area contributed by atoms with E-state index in [-0.39, 0.29) is 0 Å². The lowest BCUT2D eigenvalue weighted by Gasteiger charge is -1.91. The lowest BCUT2D eigenvalue weighted by Crippen LogP contribution is -1.85. The number of hydrogen-bond donors (Lipinski definition) is 0. The summed E-state index contributed by atoms with van der Waals surface area (Å²) < 4.78 is 0. The molecule has 1 aromatic rings. The van der Waals surface area contributed by atoms with Gasteiger partial charge < -0.3 is 0 Å². The van der Waals surface area contributed by atoms with Crippen LogP contribution in [0.2, 0.25) is 0 Å². The van der Waals surface area contributed by atoms with Crippen molar-refractivity contribution in [3.05, 3.63) is 46.1 Å². The highest BCUT2D eigenvalue weighted by molar-refractivity contribution is 5.71. The number of pyridine rings is 1. The molecular formula is C9H8N4O. The van der Waals surface area contributed by atoms with Crippen molar-refractivity contribution in [2.75, 3.05) is 6.54 Å². The zero-order valence-corrected chi connectivity index (χ0v) is 7.37. The Morgan fingerprint density at radius 1 is 1.57 bits per heavy atom. The Morgan fingerprint density at radius 2 is 2.43 bits per heavy atom. The molecular weight excluding hydrogens is 180 g/mol. The topological polar surface area (TPSA) is 78.7 Å². The number of aromatic nitrogens is 1. The molecule has 14 heavy (non-hydrogen) atoms. The molecule has 5 nitrogen and oxygen atoms in total. The van der Waals surface area contributed by atoms with Crippen LogP contribution in [0.3, 0.4) is 0 Å². The fourth-order valence-corrected chi connectivity index (χ4v) is 0.857. The quantitative estimate of drug-likeness (QED) is 0.314. The summed E-state index contributed by atoms with van der Waals surface area (Å²) in [6, 6.07) is 3.39. The number of azide groups is 1. The molecule has 0 bridgehead atoms. The second-order valence-corrected chi connectivity index (χ2v) is 2.45. The highest BCUT2D eigenvalue weighted by atomic mass is 16.1. The van der Waals surface area contributed by atoms with E-state index in [0.717, 1.165) is 5.56 Å². The molecule has 5 heteroatoms. The Balaban J connectivity index is 2.63. The minimum absolute atomic E-state index is 0.311. The van der Waals surface area contributed by atoms with Gasteiger partial charge in [-0.1, -0.05) is 23.3 Å². The van der Waals surface area contributed by atoms with E-state index in [4.69, 9.17) is 5.53 Å². The van der Waals surface area contributed by atoms with Gasteiger partial charge in [0.25, 0.3) is 0 Å². The molecule has 0 radical (unpaired) electrons. The second kappa shape index (κ2) is 5.50. The first kappa shape index (κ1) is 9.95. The Morgan fingerprint density at radius 3 is 3.00 bits per heavy atom. The molecule has 0 aliphatic rings. The number of carbonyl (C=O) groups is 1. The van der Waals surface area contributed by atoms with E-state index in [9.17, 15) is 4.79 Å². The maximum absolute atomic E-state index is 10.3. The van der Waals surface area contributed by atoms with Crippen LogP contribution < -0.4 is 0 Å². The lowest BCUT2D eigenvalue weighted by molar-refractivity contribution is 0.111. The summed E-state index contributed by atoms with van der Waals surface area (Å²) in [5, 5.41) is 3.34. The van der Waals surface area contributed by atoms with E-state index >= 15 is 0 Å². The predicted octanol–water partition coefficient (Wildman–Crippen LogP) is 2.22. The van der Waals surface area contributed by atoms with Gasteiger partial charge in [0.1, 0.15) is 5.69 Å². The number of nitrogens with zero attached hydrogens (tertiary/aromatic N) is 4. The van der Waals surface area contributed by atoms with Crippen molar-refractivity contribution >= 4 is 12.4 Å². The van der Waals surface area contributed by atoms with Crippen LogP contribution in [0.1, 0.15) is 16.1 Å². The van der Waals surface area contributed by atoms with Crippen molar-refractivity contribution in [2.45, 2.75) is 0 Å². The molecule has 0 amide bonds. The van der Waals surface area contributed by atoms with Gasteiger partial charge in [0, 0.05) is 17.7 Å². The van der Waals surface area contributed by atoms with Crippen LogP contribution in [0.15, 0.2) is 29.5 Å². The van der Waals surface area contributed by atoms with Crippen LogP contribution in [-0.2, 0) is 0 Å². The van der Waals surface area contributed by atoms with Crippen LogP contribution in [0.5, 0.6) is 0 Å². The molecule has 1 rings (SSSR count). The summed E-state index contributed by atoms with van der Waals surface area (Å²) in [7, 11) is 0. The van der Waals surface area contributed by atoms with Gasteiger partial charge in [-0.15, -0.1) is 0 Å². The summed E-state index contributed by atoms with van der Waals surface area (Å²) >= 11 is 0. The van der Waals surface area contributed by atoms with E-state index in [2.05, 4.69) is 15.0 Å². The monoisotopic (exact) mass is 188 g/mol. The largest absolute Gasteiger partial charge is 0.296 e. The van der Waals surface area contributed by atoms with Gasteiger partial charge in [-0.2, -0.15) is 0 Å². The molecule has 0 aliphatic heterocycles. The third kappa shape index (κ3) is 3.08. The van der Waals surface area contributed by atoms with E-state index < -0.39 is 0 Å². The number of aldehydes is 1. The third-order valence-corrected chi connectivity index (χ3v) is 1.49. The highest BCUT2D eigenvalue weighted by Crippen LogP contribution is 2.00. The normalized spacial score (nSPS) is 9.71. The van der Waals surface area contributed by atoms with Gasteiger partial charge in [-0.25, -0.2) is 0 Å². The summed E-state index contributed by atoms with van der Waals surface area (Å²) in [6.07, 6.45) is 5.76.